The number of hydrogen-bond donors (Lipinski definition) is 2. The number of aromatic amines is 1. The fourth-order valence-corrected chi connectivity index (χ4v) is 4.35. The maximum absolute atomic E-state index is 10.3. The monoisotopic (exact) mass is 401 g/mol. The van der Waals surface area contributed by atoms with E-state index >= 15 is 0 Å². The van der Waals surface area contributed by atoms with Gasteiger partial charge in [0.2, 0.25) is 6.41 Å². The average molecular weight is 401 g/mol. The number of ether oxygens (including phenoxy) is 2. The Morgan fingerprint density at radius 1 is 1.29 bits per heavy atom. The van der Waals surface area contributed by atoms with Gasteiger partial charge in [0.05, 0.1) is 18.9 Å². The largest absolute Gasteiger partial charge is 0.376 e. The number of hydrogen-bond acceptors (Lipinski definition) is 8. The van der Waals surface area contributed by atoms with Gasteiger partial charge < -0.3 is 24.5 Å². The summed E-state index contributed by atoms with van der Waals surface area (Å²) < 4.78 is 10.7. The highest BCUT2D eigenvalue weighted by molar-refractivity contribution is 7.14. The van der Waals surface area contributed by atoms with Gasteiger partial charge in [0.25, 0.3) is 0 Å². The number of piperazine rings is 1. The topological polar surface area (TPSA) is 86.7 Å². The standard InChI is InChI=1S/C19H23N5O3S/c1-12-9-21-18(28-12)15-8-14-16(2-3-20-17(14)22-15)23-4-6-24(7-5-23)19(25)27-13-10-26-11-13/h2-3,8-9,13,19,25H,4-7,10-11H2,1H3,(H,20,22). The number of nitrogens with one attached hydrogen (secondary N) is 1. The number of pyridine rings is 1. The third-order valence-corrected chi connectivity index (χ3v) is 6.20. The summed E-state index contributed by atoms with van der Waals surface area (Å²) in [6.45, 7) is 6.31. The molecule has 5 rings (SSSR count). The van der Waals surface area contributed by atoms with E-state index in [-0.39, 0.29) is 6.10 Å². The first-order valence-electron chi connectivity index (χ1n) is 9.48. The van der Waals surface area contributed by atoms with Gasteiger partial charge >= 0.3 is 0 Å². The molecule has 0 radical (unpaired) electrons. The predicted molar refractivity (Wildman–Crippen MR) is 107 cm³/mol. The molecule has 0 bridgehead atoms. The Balaban J connectivity index is 1.32. The number of nitrogens with zero attached hydrogens (tertiary/aromatic N) is 4. The molecule has 2 N–H and O–H groups in total. The van der Waals surface area contributed by atoms with Crippen molar-refractivity contribution in [1.29, 1.82) is 0 Å². The minimum atomic E-state index is -0.861. The molecule has 28 heavy (non-hydrogen) atoms. The molecule has 5 heterocycles. The van der Waals surface area contributed by atoms with Gasteiger partial charge in [0.1, 0.15) is 16.8 Å². The van der Waals surface area contributed by atoms with Crippen molar-refractivity contribution in [3.63, 3.8) is 0 Å². The van der Waals surface area contributed by atoms with Crippen LogP contribution < -0.4 is 4.90 Å². The van der Waals surface area contributed by atoms with E-state index in [4.69, 9.17) is 9.47 Å². The van der Waals surface area contributed by atoms with E-state index in [2.05, 4.69) is 38.9 Å². The van der Waals surface area contributed by atoms with E-state index in [1.54, 1.807) is 11.3 Å². The Morgan fingerprint density at radius 2 is 2.11 bits per heavy atom. The van der Waals surface area contributed by atoms with Gasteiger partial charge in [-0.2, -0.15) is 0 Å². The van der Waals surface area contributed by atoms with Crippen LogP contribution in [-0.2, 0) is 9.47 Å². The van der Waals surface area contributed by atoms with Gasteiger partial charge in [-0.25, -0.2) is 9.97 Å². The van der Waals surface area contributed by atoms with Crippen molar-refractivity contribution >= 4 is 28.1 Å². The second-order valence-corrected chi connectivity index (χ2v) is 8.43. The molecule has 1 unspecified atom stereocenters. The molecule has 9 heteroatoms. The molecule has 148 valence electrons. The number of aromatic nitrogens is 3. The third kappa shape index (κ3) is 3.40. The molecule has 0 spiro atoms. The minimum absolute atomic E-state index is 0.0145. The highest BCUT2D eigenvalue weighted by Crippen LogP contribution is 2.32. The van der Waals surface area contributed by atoms with Crippen LogP contribution in [0.5, 0.6) is 0 Å². The molecular formula is C19H23N5O3S. The van der Waals surface area contributed by atoms with E-state index in [9.17, 15) is 5.11 Å². The molecule has 8 nitrogen and oxygen atoms in total. The minimum Gasteiger partial charge on any atom is -0.376 e. The Bertz CT molecular complexity index is 962. The number of aliphatic hydroxyl groups is 1. The van der Waals surface area contributed by atoms with Crippen LogP contribution in [0.2, 0.25) is 0 Å². The van der Waals surface area contributed by atoms with Crippen LogP contribution in [0.3, 0.4) is 0 Å². The lowest BCUT2D eigenvalue weighted by Crippen LogP contribution is -2.53. The number of aliphatic hydroxyl groups excluding tert-OH is 1. The number of fused-ring (bicyclic) bond motifs is 1. The van der Waals surface area contributed by atoms with Crippen LogP contribution in [0.15, 0.2) is 24.5 Å². The van der Waals surface area contributed by atoms with Crippen LogP contribution in [-0.4, -0.2) is 76.9 Å². The van der Waals surface area contributed by atoms with Crippen molar-refractivity contribution in [3.05, 3.63) is 29.4 Å². The molecule has 1 atom stereocenters. The van der Waals surface area contributed by atoms with E-state index in [0.717, 1.165) is 53.6 Å². The van der Waals surface area contributed by atoms with Gasteiger partial charge in [-0.05, 0) is 19.1 Å². The van der Waals surface area contributed by atoms with Crippen molar-refractivity contribution in [2.75, 3.05) is 44.3 Å². The fourth-order valence-electron chi connectivity index (χ4n) is 3.62. The van der Waals surface area contributed by atoms with Crippen LogP contribution in [0.4, 0.5) is 5.69 Å². The Labute approximate surface area is 166 Å². The third-order valence-electron chi connectivity index (χ3n) is 5.25. The Morgan fingerprint density at radius 3 is 2.79 bits per heavy atom. The molecule has 2 aliphatic rings. The molecular weight excluding hydrogens is 378 g/mol. The Kier molecular flexibility index (Phi) is 4.77. The Hall–Kier alpha value is -2.04. The average Bonchev–Trinajstić information content (AvgIpc) is 3.30. The van der Waals surface area contributed by atoms with Gasteiger partial charge in [0, 0.05) is 54.5 Å². The molecule has 0 amide bonds. The molecule has 3 aromatic heterocycles. The maximum atomic E-state index is 10.3. The zero-order valence-corrected chi connectivity index (χ0v) is 16.5. The summed E-state index contributed by atoms with van der Waals surface area (Å²) >= 11 is 1.67. The smallest absolute Gasteiger partial charge is 0.216 e. The summed E-state index contributed by atoms with van der Waals surface area (Å²) in [5, 5.41) is 12.4. The lowest BCUT2D eigenvalue weighted by atomic mass is 10.2. The van der Waals surface area contributed by atoms with Crippen LogP contribution in [0.25, 0.3) is 21.7 Å². The summed E-state index contributed by atoms with van der Waals surface area (Å²) in [5.74, 6) is 0. The molecule has 2 saturated heterocycles. The van der Waals surface area contributed by atoms with E-state index in [0.29, 0.717) is 13.2 Å². The second kappa shape index (κ2) is 7.41. The highest BCUT2D eigenvalue weighted by Gasteiger charge is 2.29. The number of anilines is 1. The van der Waals surface area contributed by atoms with E-state index in [1.165, 1.54) is 4.88 Å². The molecule has 0 saturated carbocycles. The summed E-state index contributed by atoms with van der Waals surface area (Å²) in [6.07, 6.45) is 2.88. The van der Waals surface area contributed by atoms with Gasteiger partial charge in [-0.1, -0.05) is 0 Å². The number of rotatable bonds is 5. The zero-order valence-electron chi connectivity index (χ0n) is 15.7. The highest BCUT2D eigenvalue weighted by atomic mass is 32.1. The lowest BCUT2D eigenvalue weighted by molar-refractivity contribution is -0.262. The molecule has 2 aliphatic heterocycles. The molecule has 2 fully saturated rings. The van der Waals surface area contributed by atoms with Crippen LogP contribution >= 0.6 is 11.3 Å². The van der Waals surface area contributed by atoms with Gasteiger partial charge in [-0.15, -0.1) is 11.3 Å². The molecule has 3 aromatic rings. The normalized spacial score (nSPS) is 19.9. The predicted octanol–water partition coefficient (Wildman–Crippen LogP) is 1.81. The number of aryl methyl sites for hydroxylation is 1. The first-order valence-corrected chi connectivity index (χ1v) is 10.3. The lowest BCUT2D eigenvalue weighted by Gasteiger charge is -2.39. The molecule has 0 aromatic carbocycles. The van der Waals surface area contributed by atoms with Crippen molar-refractivity contribution < 1.29 is 14.6 Å². The number of thiazole rings is 1. The summed E-state index contributed by atoms with van der Waals surface area (Å²) in [6, 6.07) is 4.19. The van der Waals surface area contributed by atoms with Crippen LogP contribution in [0, 0.1) is 6.92 Å². The summed E-state index contributed by atoms with van der Waals surface area (Å²) in [5.41, 5.74) is 3.03. The van der Waals surface area contributed by atoms with Crippen molar-refractivity contribution in [1.82, 2.24) is 19.9 Å². The SMILES string of the molecule is Cc1cnc(-c2cc3c(N4CCN(C(O)OC5COC5)CC4)ccnc3[nH]2)s1. The van der Waals surface area contributed by atoms with E-state index < -0.39 is 6.41 Å². The summed E-state index contributed by atoms with van der Waals surface area (Å²) in [4.78, 5) is 17.9. The fraction of sp³-hybridized carbons (Fsp3) is 0.474. The summed E-state index contributed by atoms with van der Waals surface area (Å²) in [7, 11) is 0. The maximum Gasteiger partial charge on any atom is 0.216 e. The van der Waals surface area contributed by atoms with Gasteiger partial charge in [-0.3, -0.25) is 4.90 Å². The van der Waals surface area contributed by atoms with Crippen molar-refractivity contribution in [2.45, 2.75) is 19.4 Å². The quantitative estimate of drug-likeness (QED) is 0.631. The molecule has 0 aliphatic carbocycles. The first kappa shape index (κ1) is 18.0. The van der Waals surface area contributed by atoms with Gasteiger partial charge in [0.15, 0.2) is 0 Å². The zero-order chi connectivity index (χ0) is 19.1. The van der Waals surface area contributed by atoms with Crippen molar-refractivity contribution in [3.8, 4) is 10.7 Å². The number of H-pyrrole nitrogens is 1. The van der Waals surface area contributed by atoms with E-state index in [1.807, 2.05) is 17.3 Å². The second-order valence-electron chi connectivity index (χ2n) is 7.20. The van der Waals surface area contributed by atoms with Crippen LogP contribution in [0.1, 0.15) is 4.88 Å². The van der Waals surface area contributed by atoms with Crippen molar-refractivity contribution in [2.24, 2.45) is 0 Å². The first-order chi connectivity index (χ1) is 13.7.